The van der Waals surface area contributed by atoms with Crippen LogP contribution < -0.4 is 5.32 Å². The third kappa shape index (κ3) is 4.37. The maximum Gasteiger partial charge on any atom is 0.254 e. The van der Waals surface area contributed by atoms with Crippen molar-refractivity contribution in [2.45, 2.75) is 10.1 Å². The van der Waals surface area contributed by atoms with Crippen LogP contribution in [0.4, 0.5) is 4.39 Å². The molecule has 1 heterocycles. The Kier molecular flexibility index (Phi) is 5.94. The normalized spacial score (nSPS) is 12.5. The number of carbonyl (C=O) groups is 1. The van der Waals surface area contributed by atoms with Gasteiger partial charge in [0, 0.05) is 16.4 Å². The lowest BCUT2D eigenvalue weighted by Gasteiger charge is -2.17. The molecule has 0 radical (unpaired) electrons. The largest absolute Gasteiger partial charge is 0.350 e. The molecule has 0 unspecified atom stereocenters. The summed E-state index contributed by atoms with van der Waals surface area (Å²) in [5, 5.41) is 3.73. The van der Waals surface area contributed by atoms with Crippen LogP contribution in [-0.4, -0.2) is 20.9 Å². The SMILES string of the molecule is O=C(NC[C@H](c1cccs1)S(=O)(=O)c1ccc(Cl)cc1)c1ccccc1F. The van der Waals surface area contributed by atoms with Crippen molar-refractivity contribution in [1.82, 2.24) is 5.32 Å². The minimum absolute atomic E-state index is 0.102. The van der Waals surface area contributed by atoms with Gasteiger partial charge in [-0.3, -0.25) is 4.79 Å². The van der Waals surface area contributed by atoms with Crippen molar-refractivity contribution in [2.75, 3.05) is 6.54 Å². The van der Waals surface area contributed by atoms with E-state index in [2.05, 4.69) is 5.32 Å². The van der Waals surface area contributed by atoms with E-state index in [1.165, 1.54) is 53.8 Å². The second-order valence-corrected chi connectivity index (χ2v) is 9.24. The van der Waals surface area contributed by atoms with Gasteiger partial charge in [-0.1, -0.05) is 29.8 Å². The van der Waals surface area contributed by atoms with Gasteiger partial charge < -0.3 is 5.32 Å². The molecule has 0 aliphatic carbocycles. The molecule has 0 saturated heterocycles. The lowest BCUT2D eigenvalue weighted by Crippen LogP contribution is -2.32. The van der Waals surface area contributed by atoms with Crippen LogP contribution in [-0.2, 0) is 9.84 Å². The van der Waals surface area contributed by atoms with Gasteiger partial charge >= 0.3 is 0 Å². The highest BCUT2D eigenvalue weighted by Crippen LogP contribution is 2.32. The Morgan fingerprint density at radius 1 is 1.07 bits per heavy atom. The number of thiophene rings is 1. The molecular weight excluding hydrogens is 409 g/mol. The number of rotatable bonds is 6. The van der Waals surface area contributed by atoms with Crippen molar-refractivity contribution in [3.63, 3.8) is 0 Å². The van der Waals surface area contributed by atoms with E-state index < -0.39 is 26.8 Å². The summed E-state index contributed by atoms with van der Waals surface area (Å²) in [4.78, 5) is 13.0. The Hall–Kier alpha value is -2.22. The first kappa shape index (κ1) is 19.5. The van der Waals surface area contributed by atoms with Gasteiger partial charge in [0.1, 0.15) is 11.1 Å². The third-order valence-corrected chi connectivity index (χ3v) is 7.43. The molecule has 0 aliphatic rings. The molecule has 0 fully saturated rings. The van der Waals surface area contributed by atoms with Crippen LogP contribution >= 0.6 is 22.9 Å². The standard InChI is InChI=1S/C19H15ClFNO3S2/c20-13-7-9-14(10-8-13)27(24,25)18(17-6-3-11-26-17)12-22-19(23)15-4-1-2-5-16(15)21/h1-11,18H,12H2,(H,22,23)/t18-/m1/s1. The van der Waals surface area contributed by atoms with Gasteiger partial charge in [-0.15, -0.1) is 11.3 Å². The molecule has 0 spiro atoms. The fraction of sp³-hybridized carbons (Fsp3) is 0.105. The van der Waals surface area contributed by atoms with E-state index in [-0.39, 0.29) is 17.0 Å². The van der Waals surface area contributed by atoms with Crippen molar-refractivity contribution in [3.05, 3.63) is 87.3 Å². The highest BCUT2D eigenvalue weighted by molar-refractivity contribution is 7.91. The molecule has 1 amide bonds. The van der Waals surface area contributed by atoms with E-state index in [0.717, 1.165) is 0 Å². The van der Waals surface area contributed by atoms with E-state index in [0.29, 0.717) is 9.90 Å². The van der Waals surface area contributed by atoms with Crippen LogP contribution in [0, 0.1) is 5.82 Å². The number of halogens is 2. The Morgan fingerprint density at radius 2 is 1.78 bits per heavy atom. The summed E-state index contributed by atoms with van der Waals surface area (Å²) in [6, 6.07) is 14.8. The maximum absolute atomic E-state index is 13.8. The van der Waals surface area contributed by atoms with E-state index >= 15 is 0 Å². The molecule has 0 saturated carbocycles. The average molecular weight is 424 g/mol. The smallest absolute Gasteiger partial charge is 0.254 e. The van der Waals surface area contributed by atoms with Crippen LogP contribution in [0.25, 0.3) is 0 Å². The maximum atomic E-state index is 13.8. The van der Waals surface area contributed by atoms with Gasteiger partial charge in [-0.2, -0.15) is 0 Å². The second-order valence-electron chi connectivity index (χ2n) is 5.69. The van der Waals surface area contributed by atoms with Gasteiger partial charge in [0.05, 0.1) is 10.5 Å². The topological polar surface area (TPSA) is 63.2 Å². The quantitative estimate of drug-likeness (QED) is 0.635. The molecule has 1 aromatic heterocycles. The predicted octanol–water partition coefficient (Wildman–Crippen LogP) is 4.49. The molecule has 3 aromatic rings. The average Bonchev–Trinajstić information content (AvgIpc) is 3.16. The summed E-state index contributed by atoms with van der Waals surface area (Å²) in [7, 11) is -3.79. The number of nitrogens with one attached hydrogen (secondary N) is 1. The minimum atomic E-state index is -3.79. The van der Waals surface area contributed by atoms with E-state index in [1.54, 1.807) is 23.6 Å². The Bertz CT molecular complexity index is 1040. The summed E-state index contributed by atoms with van der Waals surface area (Å²) in [5.74, 6) is -1.33. The molecule has 0 bridgehead atoms. The molecule has 3 rings (SSSR count). The van der Waals surface area contributed by atoms with Crippen molar-refractivity contribution < 1.29 is 17.6 Å². The van der Waals surface area contributed by atoms with Gasteiger partial charge in [0.2, 0.25) is 0 Å². The predicted molar refractivity (Wildman–Crippen MR) is 104 cm³/mol. The van der Waals surface area contributed by atoms with Gasteiger partial charge in [0.15, 0.2) is 9.84 Å². The Morgan fingerprint density at radius 3 is 2.41 bits per heavy atom. The zero-order valence-corrected chi connectivity index (χ0v) is 16.3. The molecule has 140 valence electrons. The molecular formula is C19H15ClFNO3S2. The Balaban J connectivity index is 1.88. The highest BCUT2D eigenvalue weighted by atomic mass is 35.5. The number of amides is 1. The number of hydrogen-bond acceptors (Lipinski definition) is 4. The van der Waals surface area contributed by atoms with Crippen LogP contribution in [0.5, 0.6) is 0 Å². The van der Waals surface area contributed by atoms with E-state index in [4.69, 9.17) is 11.6 Å². The number of sulfone groups is 1. The molecule has 8 heteroatoms. The summed E-state index contributed by atoms with van der Waals surface area (Å²) in [6.07, 6.45) is 0. The van der Waals surface area contributed by atoms with Crippen LogP contribution in [0.2, 0.25) is 5.02 Å². The first-order valence-electron chi connectivity index (χ1n) is 7.95. The monoisotopic (exact) mass is 423 g/mol. The third-order valence-electron chi connectivity index (χ3n) is 3.94. The lowest BCUT2D eigenvalue weighted by atomic mass is 10.2. The number of carbonyl (C=O) groups excluding carboxylic acids is 1. The summed E-state index contributed by atoms with van der Waals surface area (Å²) >= 11 is 7.12. The zero-order valence-electron chi connectivity index (χ0n) is 13.9. The van der Waals surface area contributed by atoms with Crippen molar-refractivity contribution in [1.29, 1.82) is 0 Å². The molecule has 1 N–H and O–H groups in total. The van der Waals surface area contributed by atoms with E-state index in [1.807, 2.05) is 0 Å². The van der Waals surface area contributed by atoms with Gasteiger partial charge in [-0.25, -0.2) is 12.8 Å². The minimum Gasteiger partial charge on any atom is -0.350 e. The molecule has 4 nitrogen and oxygen atoms in total. The Labute approximate surface area is 165 Å². The van der Waals surface area contributed by atoms with E-state index in [9.17, 15) is 17.6 Å². The second kappa shape index (κ2) is 8.21. The molecule has 27 heavy (non-hydrogen) atoms. The number of hydrogen-bond donors (Lipinski definition) is 1. The van der Waals surface area contributed by atoms with Crippen LogP contribution in [0.3, 0.4) is 0 Å². The van der Waals surface area contributed by atoms with Crippen LogP contribution in [0.15, 0.2) is 70.9 Å². The lowest BCUT2D eigenvalue weighted by molar-refractivity contribution is 0.0949. The highest BCUT2D eigenvalue weighted by Gasteiger charge is 2.30. The van der Waals surface area contributed by atoms with Gasteiger partial charge in [-0.05, 0) is 47.8 Å². The van der Waals surface area contributed by atoms with Crippen molar-refractivity contribution >= 4 is 38.7 Å². The van der Waals surface area contributed by atoms with Gasteiger partial charge in [0.25, 0.3) is 5.91 Å². The fourth-order valence-corrected chi connectivity index (χ4v) is 5.46. The summed E-state index contributed by atoms with van der Waals surface area (Å²) in [5.41, 5.74) is -0.133. The zero-order chi connectivity index (χ0) is 19.4. The van der Waals surface area contributed by atoms with Crippen LogP contribution in [0.1, 0.15) is 20.5 Å². The first-order valence-corrected chi connectivity index (χ1v) is 10.8. The van der Waals surface area contributed by atoms with Crippen molar-refractivity contribution in [3.8, 4) is 0 Å². The summed E-state index contributed by atoms with van der Waals surface area (Å²) in [6.45, 7) is -0.182. The van der Waals surface area contributed by atoms with Crippen molar-refractivity contribution in [2.24, 2.45) is 0 Å². The molecule has 2 aromatic carbocycles. The molecule has 0 aliphatic heterocycles. The summed E-state index contributed by atoms with van der Waals surface area (Å²) < 4.78 is 40.0. The first-order chi connectivity index (χ1) is 12.9. The molecule has 1 atom stereocenters. The fourth-order valence-electron chi connectivity index (χ4n) is 2.55. The number of benzene rings is 2.